The van der Waals surface area contributed by atoms with E-state index in [4.69, 9.17) is 0 Å². The average molecular weight is 481 g/mol. The Morgan fingerprint density at radius 2 is 1.51 bits per heavy atom. The maximum Gasteiger partial charge on any atom is 0.416 e. The van der Waals surface area contributed by atoms with Crippen LogP contribution in [0.5, 0.6) is 0 Å². The zero-order valence-corrected chi connectivity index (χ0v) is 19.9. The third-order valence-electron chi connectivity index (χ3n) is 6.84. The second-order valence-electron chi connectivity index (χ2n) is 9.11. The summed E-state index contributed by atoms with van der Waals surface area (Å²) < 4.78 is 39.4. The largest absolute Gasteiger partial charge is 0.416 e. The van der Waals surface area contributed by atoms with Crippen LogP contribution in [0.1, 0.15) is 64.6 Å². The molecule has 6 heteroatoms. The number of fused-ring (bicyclic) bond motifs is 1. The summed E-state index contributed by atoms with van der Waals surface area (Å²) in [4.78, 5) is 12.5. The number of carbonyl (C=O) groups excluding carboxylic acids is 1. The summed E-state index contributed by atoms with van der Waals surface area (Å²) in [6.45, 7) is 0.524. The van der Waals surface area contributed by atoms with Crippen LogP contribution in [0.15, 0.2) is 72.8 Å². The number of carbonyl (C=O) groups is 1. The van der Waals surface area contributed by atoms with Crippen molar-refractivity contribution in [2.24, 2.45) is 0 Å². The second kappa shape index (κ2) is 11.1. The molecule has 0 aliphatic heterocycles. The van der Waals surface area contributed by atoms with Gasteiger partial charge in [-0.25, -0.2) is 0 Å². The van der Waals surface area contributed by atoms with Crippen LogP contribution >= 0.6 is 0 Å². The van der Waals surface area contributed by atoms with Crippen LogP contribution in [0.3, 0.4) is 0 Å². The van der Waals surface area contributed by atoms with Crippen LogP contribution in [0.2, 0.25) is 0 Å². The van der Waals surface area contributed by atoms with Crippen molar-refractivity contribution in [1.29, 1.82) is 0 Å². The van der Waals surface area contributed by atoms with Crippen LogP contribution in [0, 0.1) is 0 Å². The second-order valence-corrected chi connectivity index (χ2v) is 9.11. The fourth-order valence-corrected chi connectivity index (χ4v) is 4.92. The molecule has 1 aliphatic rings. The van der Waals surface area contributed by atoms with Crippen molar-refractivity contribution in [3.05, 3.63) is 106 Å². The number of rotatable bonds is 8. The Hall–Kier alpha value is -3.12. The highest BCUT2D eigenvalue weighted by Crippen LogP contribution is 2.34. The molecule has 35 heavy (non-hydrogen) atoms. The number of halogens is 3. The number of nitrogens with one attached hydrogen (secondary N) is 2. The highest BCUT2D eigenvalue weighted by Gasteiger charge is 2.30. The van der Waals surface area contributed by atoms with E-state index in [1.165, 1.54) is 17.5 Å². The molecule has 0 fully saturated rings. The third kappa shape index (κ3) is 6.12. The maximum atomic E-state index is 13.1. The van der Waals surface area contributed by atoms with Crippen molar-refractivity contribution in [2.45, 2.75) is 50.2 Å². The Morgan fingerprint density at radius 1 is 0.857 bits per heavy atom. The molecule has 184 valence electrons. The molecule has 3 nitrogen and oxygen atoms in total. The lowest BCUT2D eigenvalue weighted by molar-refractivity contribution is -0.137. The van der Waals surface area contributed by atoms with Gasteiger partial charge in [0.05, 0.1) is 5.56 Å². The summed E-state index contributed by atoms with van der Waals surface area (Å²) in [5, 5.41) is 6.07. The minimum atomic E-state index is -4.36. The van der Waals surface area contributed by atoms with E-state index in [1.54, 1.807) is 19.2 Å². The number of likely N-dealkylation sites (N-methyl/N-ethyl adjacent to an activating group) is 1. The SMILES string of the molecule is CNC(=O)[C@H](NCC[C@H](c1ccc(C(F)(F)F)cc1)c1ccc2c(c1)CCCC2)c1ccccc1. The van der Waals surface area contributed by atoms with E-state index in [2.05, 4.69) is 28.8 Å². The van der Waals surface area contributed by atoms with E-state index in [-0.39, 0.29) is 11.8 Å². The van der Waals surface area contributed by atoms with E-state index < -0.39 is 17.8 Å². The summed E-state index contributed by atoms with van der Waals surface area (Å²) in [5.41, 5.74) is 4.87. The van der Waals surface area contributed by atoms with Gasteiger partial charge in [0.25, 0.3) is 0 Å². The molecule has 0 bridgehead atoms. The molecule has 0 saturated heterocycles. The lowest BCUT2D eigenvalue weighted by Gasteiger charge is -2.24. The molecular formula is C29H31F3N2O. The third-order valence-corrected chi connectivity index (χ3v) is 6.84. The zero-order valence-electron chi connectivity index (χ0n) is 19.9. The van der Waals surface area contributed by atoms with E-state index in [0.29, 0.717) is 13.0 Å². The lowest BCUT2D eigenvalue weighted by Crippen LogP contribution is -2.36. The molecule has 3 aromatic carbocycles. The summed E-state index contributed by atoms with van der Waals surface area (Å²) in [6.07, 6.45) is 0.746. The van der Waals surface area contributed by atoms with Crippen molar-refractivity contribution < 1.29 is 18.0 Å². The van der Waals surface area contributed by atoms with Gasteiger partial charge in [0.2, 0.25) is 5.91 Å². The Balaban J connectivity index is 1.58. The first-order valence-corrected chi connectivity index (χ1v) is 12.2. The van der Waals surface area contributed by atoms with Crippen LogP contribution in [0.25, 0.3) is 0 Å². The molecular weight excluding hydrogens is 449 g/mol. The van der Waals surface area contributed by atoms with Crippen LogP contribution in [0.4, 0.5) is 13.2 Å². The smallest absolute Gasteiger partial charge is 0.358 e. The molecule has 0 aromatic heterocycles. The molecule has 2 atom stereocenters. The molecule has 0 heterocycles. The standard InChI is InChI=1S/C29H31F3N2O/c1-33-28(35)27(22-8-3-2-4-9-22)34-18-17-26(21-13-15-25(16-14-21)29(30,31)32)24-12-11-20-7-5-6-10-23(20)19-24/h2-4,8-9,11-16,19,26-27,34H,5-7,10,17-18H2,1H3,(H,33,35)/t26-,27-/m1/s1. The fraction of sp³-hybridized carbons (Fsp3) is 0.345. The molecule has 0 unspecified atom stereocenters. The predicted octanol–water partition coefficient (Wildman–Crippen LogP) is 6.18. The van der Waals surface area contributed by atoms with Gasteiger partial charge in [0, 0.05) is 13.0 Å². The lowest BCUT2D eigenvalue weighted by atomic mass is 9.83. The van der Waals surface area contributed by atoms with Crippen LogP contribution < -0.4 is 10.6 Å². The van der Waals surface area contributed by atoms with Crippen LogP contribution in [-0.2, 0) is 23.8 Å². The normalized spacial score (nSPS) is 15.2. The van der Waals surface area contributed by atoms with Crippen molar-refractivity contribution in [3.63, 3.8) is 0 Å². The summed E-state index contributed by atoms with van der Waals surface area (Å²) >= 11 is 0. The van der Waals surface area contributed by atoms with Crippen LogP contribution in [-0.4, -0.2) is 19.5 Å². The van der Waals surface area contributed by atoms with E-state index in [9.17, 15) is 18.0 Å². The molecule has 4 rings (SSSR count). The highest BCUT2D eigenvalue weighted by molar-refractivity contribution is 5.82. The van der Waals surface area contributed by atoms with Gasteiger partial charge in [-0.1, -0.05) is 60.7 Å². The molecule has 1 aliphatic carbocycles. The predicted molar refractivity (Wildman–Crippen MR) is 132 cm³/mol. The number of alkyl halides is 3. The van der Waals surface area contributed by atoms with Crippen molar-refractivity contribution in [2.75, 3.05) is 13.6 Å². The van der Waals surface area contributed by atoms with Gasteiger partial charge in [-0.3, -0.25) is 4.79 Å². The topological polar surface area (TPSA) is 41.1 Å². The maximum absolute atomic E-state index is 13.1. The number of hydrogen-bond acceptors (Lipinski definition) is 2. The zero-order chi connectivity index (χ0) is 24.8. The summed E-state index contributed by atoms with van der Waals surface area (Å²) in [5.74, 6) is -0.214. The van der Waals surface area contributed by atoms with Gasteiger partial charge in [0.1, 0.15) is 6.04 Å². The molecule has 1 amide bonds. The Bertz CT molecular complexity index is 1130. The first kappa shape index (κ1) is 25.0. The van der Waals surface area contributed by atoms with E-state index in [1.807, 2.05) is 30.3 Å². The highest BCUT2D eigenvalue weighted by atomic mass is 19.4. The number of aryl methyl sites for hydroxylation is 2. The number of benzene rings is 3. The van der Waals surface area contributed by atoms with Gasteiger partial charge >= 0.3 is 6.18 Å². The van der Waals surface area contributed by atoms with Gasteiger partial charge in [-0.2, -0.15) is 13.2 Å². The van der Waals surface area contributed by atoms with Gasteiger partial charge < -0.3 is 10.6 Å². The molecule has 2 N–H and O–H groups in total. The first-order valence-electron chi connectivity index (χ1n) is 12.2. The monoisotopic (exact) mass is 480 g/mol. The number of amides is 1. The van der Waals surface area contributed by atoms with Crippen molar-refractivity contribution in [3.8, 4) is 0 Å². The quantitative estimate of drug-likeness (QED) is 0.404. The van der Waals surface area contributed by atoms with Gasteiger partial charge in [-0.05, 0) is 78.6 Å². The van der Waals surface area contributed by atoms with Gasteiger partial charge in [-0.15, -0.1) is 0 Å². The minimum absolute atomic E-state index is 0.0851. The summed E-state index contributed by atoms with van der Waals surface area (Å²) in [6, 6.07) is 21.0. The van der Waals surface area contributed by atoms with E-state index >= 15 is 0 Å². The molecule has 3 aromatic rings. The Kier molecular flexibility index (Phi) is 7.91. The molecule has 0 saturated carbocycles. The fourth-order valence-electron chi connectivity index (χ4n) is 4.92. The molecule has 0 spiro atoms. The number of hydrogen-bond donors (Lipinski definition) is 2. The first-order chi connectivity index (χ1) is 16.9. The molecule has 0 radical (unpaired) electrons. The van der Waals surface area contributed by atoms with E-state index in [0.717, 1.165) is 48.1 Å². The minimum Gasteiger partial charge on any atom is -0.358 e. The Labute approximate surface area is 204 Å². The van der Waals surface area contributed by atoms with Gasteiger partial charge in [0.15, 0.2) is 0 Å². The van der Waals surface area contributed by atoms with Crippen molar-refractivity contribution in [1.82, 2.24) is 10.6 Å². The summed E-state index contributed by atoms with van der Waals surface area (Å²) in [7, 11) is 1.61. The Morgan fingerprint density at radius 3 is 2.17 bits per heavy atom. The average Bonchev–Trinajstić information content (AvgIpc) is 2.88. The van der Waals surface area contributed by atoms with Crippen molar-refractivity contribution >= 4 is 5.91 Å².